The van der Waals surface area contributed by atoms with Crippen molar-refractivity contribution in [1.82, 2.24) is 14.5 Å². The van der Waals surface area contributed by atoms with Gasteiger partial charge in [-0.15, -0.1) is 0 Å². The van der Waals surface area contributed by atoms with Gasteiger partial charge in [0.05, 0.1) is 4.90 Å². The van der Waals surface area contributed by atoms with Crippen LogP contribution >= 0.6 is 0 Å². The number of amides is 1. The first-order valence-electron chi connectivity index (χ1n) is 12.0. The van der Waals surface area contributed by atoms with Gasteiger partial charge in [0.25, 0.3) is 0 Å². The number of carbonyl (C=O) groups excluding carboxylic acids is 1. The zero-order valence-corrected chi connectivity index (χ0v) is 20.8. The minimum Gasteiger partial charge on any atom is -0.339 e. The van der Waals surface area contributed by atoms with Crippen LogP contribution in [-0.4, -0.2) is 62.9 Å². The molecule has 36 heavy (non-hydrogen) atoms. The molecule has 6 nitrogen and oxygen atoms in total. The maximum absolute atomic E-state index is 13.5. The Kier molecular flexibility index (Phi) is 8.64. The van der Waals surface area contributed by atoms with E-state index in [0.717, 1.165) is 29.8 Å². The highest BCUT2D eigenvalue weighted by molar-refractivity contribution is 7.89. The fraction of sp³-hybridized carbons (Fsp3) is 0.250. The molecule has 1 amide bonds. The van der Waals surface area contributed by atoms with E-state index in [2.05, 4.69) is 21.8 Å². The minimum absolute atomic E-state index is 0.0789. The molecule has 1 atom stereocenters. The molecule has 1 N–H and O–H groups in total. The van der Waals surface area contributed by atoms with E-state index in [1.54, 1.807) is 4.90 Å². The van der Waals surface area contributed by atoms with Gasteiger partial charge < -0.3 is 4.90 Å². The van der Waals surface area contributed by atoms with Gasteiger partial charge in [-0.3, -0.25) is 9.69 Å². The van der Waals surface area contributed by atoms with Gasteiger partial charge in [-0.1, -0.05) is 72.8 Å². The third-order valence-corrected chi connectivity index (χ3v) is 7.65. The lowest BCUT2D eigenvalue weighted by atomic mass is 10.1. The number of sulfonamides is 1. The number of halogens is 1. The second-order valence-electron chi connectivity index (χ2n) is 8.76. The number of hydrogen-bond donors (Lipinski definition) is 1. The summed E-state index contributed by atoms with van der Waals surface area (Å²) in [6.07, 6.45) is 4.42. The normalized spacial score (nSPS) is 15.8. The molecule has 0 aliphatic carbocycles. The molecule has 1 aliphatic rings. The summed E-state index contributed by atoms with van der Waals surface area (Å²) < 4.78 is 41.9. The Balaban J connectivity index is 1.41. The summed E-state index contributed by atoms with van der Waals surface area (Å²) in [7, 11) is -4.01. The third kappa shape index (κ3) is 7.10. The first-order chi connectivity index (χ1) is 17.4. The van der Waals surface area contributed by atoms with Crippen LogP contribution in [0.25, 0.3) is 6.08 Å². The molecule has 4 rings (SSSR count). The predicted molar refractivity (Wildman–Crippen MR) is 139 cm³/mol. The van der Waals surface area contributed by atoms with Crippen LogP contribution in [-0.2, 0) is 21.2 Å². The van der Waals surface area contributed by atoms with Crippen molar-refractivity contribution in [1.29, 1.82) is 0 Å². The average Bonchev–Trinajstić information content (AvgIpc) is 2.90. The summed E-state index contributed by atoms with van der Waals surface area (Å²) in [4.78, 5) is 17.4. The van der Waals surface area contributed by atoms with E-state index in [9.17, 15) is 17.6 Å². The lowest BCUT2D eigenvalue weighted by molar-refractivity contribution is -0.134. The molecule has 0 aromatic heterocycles. The number of benzene rings is 3. The summed E-state index contributed by atoms with van der Waals surface area (Å²) in [5, 5.41) is 0. The Morgan fingerprint density at radius 2 is 1.50 bits per heavy atom. The summed E-state index contributed by atoms with van der Waals surface area (Å²) in [6, 6.07) is 23.0. The molecule has 1 heterocycles. The summed E-state index contributed by atoms with van der Waals surface area (Å²) in [6.45, 7) is 3.21. The van der Waals surface area contributed by atoms with E-state index in [-0.39, 0.29) is 17.2 Å². The first kappa shape index (κ1) is 25.8. The van der Waals surface area contributed by atoms with Gasteiger partial charge >= 0.3 is 0 Å². The van der Waals surface area contributed by atoms with Crippen molar-refractivity contribution in [3.05, 3.63) is 108 Å². The van der Waals surface area contributed by atoms with Crippen molar-refractivity contribution in [3.63, 3.8) is 0 Å². The standard InChI is InChI=1S/C28H30FN3O3S/c29-25-13-15-26(16-14-25)36(34,35)30-27(22-24-10-5-2-6-11-24)28(33)32-20-18-31(19-21-32)17-7-12-23-8-3-1-4-9-23/h1-16,27,30H,17-22H2/b12-7+/t27-/m1/s1. The van der Waals surface area contributed by atoms with E-state index in [1.165, 1.54) is 12.1 Å². The third-order valence-electron chi connectivity index (χ3n) is 6.16. The molecule has 0 radical (unpaired) electrons. The number of piperazine rings is 1. The van der Waals surface area contributed by atoms with Crippen LogP contribution in [0.15, 0.2) is 95.9 Å². The Bertz CT molecular complexity index is 1260. The first-order valence-corrected chi connectivity index (χ1v) is 13.4. The Labute approximate surface area is 212 Å². The van der Waals surface area contributed by atoms with E-state index in [1.807, 2.05) is 60.7 Å². The van der Waals surface area contributed by atoms with Crippen molar-refractivity contribution >= 4 is 22.0 Å². The highest BCUT2D eigenvalue weighted by atomic mass is 32.2. The van der Waals surface area contributed by atoms with Crippen molar-refractivity contribution in [2.24, 2.45) is 0 Å². The van der Waals surface area contributed by atoms with Crippen LogP contribution < -0.4 is 4.72 Å². The highest BCUT2D eigenvalue weighted by Crippen LogP contribution is 2.15. The molecule has 1 aliphatic heterocycles. The van der Waals surface area contributed by atoms with Crippen LogP contribution in [0.4, 0.5) is 4.39 Å². The van der Waals surface area contributed by atoms with Crippen LogP contribution in [0.1, 0.15) is 11.1 Å². The molecule has 0 spiro atoms. The molecular weight excluding hydrogens is 477 g/mol. The SMILES string of the molecule is O=C([C@@H](Cc1ccccc1)NS(=O)(=O)c1ccc(F)cc1)N1CCN(C/C=C/c2ccccc2)CC1. The van der Waals surface area contributed by atoms with E-state index >= 15 is 0 Å². The van der Waals surface area contributed by atoms with Gasteiger partial charge in [0, 0.05) is 32.7 Å². The predicted octanol–water partition coefficient (Wildman–Crippen LogP) is 3.57. The molecule has 1 fully saturated rings. The van der Waals surface area contributed by atoms with Gasteiger partial charge in [0.2, 0.25) is 15.9 Å². The molecule has 8 heteroatoms. The zero-order valence-electron chi connectivity index (χ0n) is 20.0. The monoisotopic (exact) mass is 507 g/mol. The van der Waals surface area contributed by atoms with E-state index in [0.29, 0.717) is 26.2 Å². The molecule has 1 saturated heterocycles. The summed E-state index contributed by atoms with van der Waals surface area (Å²) in [5.74, 6) is -0.786. The van der Waals surface area contributed by atoms with Crippen LogP contribution in [0.5, 0.6) is 0 Å². The average molecular weight is 508 g/mol. The number of carbonyl (C=O) groups is 1. The van der Waals surface area contributed by atoms with Crippen molar-refractivity contribution in [2.75, 3.05) is 32.7 Å². The van der Waals surface area contributed by atoms with E-state index in [4.69, 9.17) is 0 Å². The quantitative estimate of drug-likeness (QED) is 0.481. The minimum atomic E-state index is -4.01. The van der Waals surface area contributed by atoms with Crippen LogP contribution in [0.3, 0.4) is 0 Å². The number of nitrogens with one attached hydrogen (secondary N) is 1. The fourth-order valence-electron chi connectivity index (χ4n) is 4.17. The Morgan fingerprint density at radius 3 is 2.14 bits per heavy atom. The van der Waals surface area contributed by atoms with Gasteiger partial charge in [-0.25, -0.2) is 12.8 Å². The van der Waals surface area contributed by atoms with Crippen LogP contribution in [0.2, 0.25) is 0 Å². The summed E-state index contributed by atoms with van der Waals surface area (Å²) in [5.41, 5.74) is 1.99. The molecule has 3 aromatic carbocycles. The maximum Gasteiger partial charge on any atom is 0.241 e. The molecule has 3 aromatic rings. The van der Waals surface area contributed by atoms with Gasteiger partial charge in [0.1, 0.15) is 11.9 Å². The van der Waals surface area contributed by atoms with E-state index < -0.39 is 21.9 Å². The zero-order chi connectivity index (χ0) is 25.4. The van der Waals surface area contributed by atoms with Crippen LogP contribution in [0, 0.1) is 5.82 Å². The topological polar surface area (TPSA) is 69.7 Å². The van der Waals surface area contributed by atoms with Crippen molar-refractivity contribution < 1.29 is 17.6 Å². The van der Waals surface area contributed by atoms with Crippen molar-refractivity contribution in [3.8, 4) is 0 Å². The van der Waals surface area contributed by atoms with Gasteiger partial charge in [-0.2, -0.15) is 4.72 Å². The molecule has 0 bridgehead atoms. The molecular formula is C28H30FN3O3S. The highest BCUT2D eigenvalue weighted by Gasteiger charge is 2.31. The number of hydrogen-bond acceptors (Lipinski definition) is 4. The van der Waals surface area contributed by atoms with Gasteiger partial charge in [-0.05, 0) is 41.8 Å². The maximum atomic E-state index is 13.5. The largest absolute Gasteiger partial charge is 0.339 e. The second-order valence-corrected chi connectivity index (χ2v) is 10.5. The number of rotatable bonds is 9. The molecule has 188 valence electrons. The Hall–Kier alpha value is -3.33. The van der Waals surface area contributed by atoms with Gasteiger partial charge in [0.15, 0.2) is 0 Å². The second kappa shape index (κ2) is 12.1. The molecule has 0 unspecified atom stereocenters. The number of nitrogens with zero attached hydrogens (tertiary/aromatic N) is 2. The smallest absolute Gasteiger partial charge is 0.241 e. The fourth-order valence-corrected chi connectivity index (χ4v) is 5.36. The lowest BCUT2D eigenvalue weighted by Crippen LogP contribution is -2.55. The summed E-state index contributed by atoms with van der Waals surface area (Å²) >= 11 is 0. The lowest BCUT2D eigenvalue weighted by Gasteiger charge is -2.36. The molecule has 0 saturated carbocycles. The Morgan fingerprint density at radius 1 is 0.889 bits per heavy atom. The van der Waals surface area contributed by atoms with Crippen molar-refractivity contribution in [2.45, 2.75) is 17.4 Å².